The third-order valence-electron chi connectivity index (χ3n) is 4.47. The molecule has 2 amide bonds. The molecule has 1 atom stereocenters. The van der Waals surface area contributed by atoms with Gasteiger partial charge in [-0.1, -0.05) is 32.0 Å². The van der Waals surface area contributed by atoms with Crippen molar-refractivity contribution >= 4 is 16.8 Å². The van der Waals surface area contributed by atoms with Crippen LogP contribution < -0.4 is 15.4 Å². The Morgan fingerprint density at radius 2 is 1.76 bits per heavy atom. The number of benzene rings is 2. The molecule has 2 aromatic carbocycles. The fraction of sp³-hybridized carbons (Fsp3) is 0.450. The molecule has 0 aliphatic carbocycles. The van der Waals surface area contributed by atoms with Crippen LogP contribution in [0, 0.1) is 5.92 Å². The van der Waals surface area contributed by atoms with E-state index in [1.54, 1.807) is 7.11 Å². The van der Waals surface area contributed by atoms with E-state index in [2.05, 4.69) is 35.4 Å². The molecule has 0 saturated carbocycles. The van der Waals surface area contributed by atoms with Crippen molar-refractivity contribution in [3.8, 4) is 5.75 Å². The molecule has 136 valence electrons. The van der Waals surface area contributed by atoms with E-state index in [4.69, 9.17) is 4.74 Å². The zero-order chi connectivity index (χ0) is 18.4. The van der Waals surface area contributed by atoms with Gasteiger partial charge in [-0.25, -0.2) is 4.79 Å². The standard InChI is InChI=1S/C20H29N3O2/c1-14(2)19(23(3)4)13-22-20(24)21-12-15-6-7-17-11-18(25-5)9-8-16(17)10-15/h6-11,14,19H,12-13H2,1-5H3,(H2,21,22,24)/t19-/m1/s1. The molecule has 0 aromatic heterocycles. The Hall–Kier alpha value is -2.27. The Kier molecular flexibility index (Phi) is 6.65. The molecule has 5 nitrogen and oxygen atoms in total. The number of rotatable bonds is 7. The van der Waals surface area contributed by atoms with E-state index >= 15 is 0 Å². The van der Waals surface area contributed by atoms with Crippen LogP contribution >= 0.6 is 0 Å². The van der Waals surface area contributed by atoms with Gasteiger partial charge in [0.05, 0.1) is 7.11 Å². The molecule has 0 spiro atoms. The topological polar surface area (TPSA) is 53.6 Å². The zero-order valence-electron chi connectivity index (χ0n) is 15.8. The number of hydrogen-bond acceptors (Lipinski definition) is 3. The molecular weight excluding hydrogens is 314 g/mol. The second kappa shape index (κ2) is 8.72. The quantitative estimate of drug-likeness (QED) is 0.811. The van der Waals surface area contributed by atoms with Crippen molar-refractivity contribution in [2.24, 2.45) is 5.92 Å². The van der Waals surface area contributed by atoms with Gasteiger partial charge in [-0.2, -0.15) is 0 Å². The van der Waals surface area contributed by atoms with Crippen LogP contribution in [0.4, 0.5) is 4.79 Å². The van der Waals surface area contributed by atoms with E-state index in [0.29, 0.717) is 25.0 Å². The van der Waals surface area contributed by atoms with Gasteiger partial charge in [0.1, 0.15) is 5.75 Å². The van der Waals surface area contributed by atoms with E-state index in [-0.39, 0.29) is 6.03 Å². The summed E-state index contributed by atoms with van der Waals surface area (Å²) in [6.45, 7) is 5.46. The number of nitrogens with one attached hydrogen (secondary N) is 2. The van der Waals surface area contributed by atoms with Crippen LogP contribution in [-0.4, -0.2) is 44.7 Å². The second-order valence-electron chi connectivity index (χ2n) is 6.89. The van der Waals surface area contributed by atoms with Gasteiger partial charge >= 0.3 is 6.03 Å². The highest BCUT2D eigenvalue weighted by Crippen LogP contribution is 2.21. The van der Waals surface area contributed by atoms with E-state index in [1.807, 2.05) is 44.4 Å². The van der Waals surface area contributed by atoms with Crippen LogP contribution in [0.5, 0.6) is 5.75 Å². The minimum absolute atomic E-state index is 0.137. The zero-order valence-corrected chi connectivity index (χ0v) is 15.8. The van der Waals surface area contributed by atoms with Gasteiger partial charge in [-0.15, -0.1) is 0 Å². The lowest BCUT2D eigenvalue weighted by Crippen LogP contribution is -2.46. The second-order valence-corrected chi connectivity index (χ2v) is 6.89. The predicted molar refractivity (Wildman–Crippen MR) is 103 cm³/mol. The summed E-state index contributed by atoms with van der Waals surface area (Å²) in [4.78, 5) is 14.2. The SMILES string of the molecule is COc1ccc2cc(CNC(=O)NC[C@H](C(C)C)N(C)C)ccc2c1. The van der Waals surface area contributed by atoms with Crippen LogP contribution in [0.2, 0.25) is 0 Å². The van der Waals surface area contributed by atoms with Gasteiger partial charge in [0.25, 0.3) is 0 Å². The summed E-state index contributed by atoms with van der Waals surface area (Å²) in [7, 11) is 5.74. The molecule has 5 heteroatoms. The normalized spacial score (nSPS) is 12.4. The largest absolute Gasteiger partial charge is 0.497 e. The van der Waals surface area contributed by atoms with Crippen molar-refractivity contribution in [1.82, 2.24) is 15.5 Å². The van der Waals surface area contributed by atoms with E-state index in [1.165, 1.54) is 0 Å². The maximum atomic E-state index is 12.1. The van der Waals surface area contributed by atoms with Crippen molar-refractivity contribution in [2.75, 3.05) is 27.7 Å². The number of methoxy groups -OCH3 is 1. The van der Waals surface area contributed by atoms with Gasteiger partial charge < -0.3 is 20.3 Å². The molecule has 2 aromatic rings. The average molecular weight is 343 g/mol. The van der Waals surface area contributed by atoms with Crippen molar-refractivity contribution in [2.45, 2.75) is 26.4 Å². The van der Waals surface area contributed by atoms with Crippen molar-refractivity contribution < 1.29 is 9.53 Å². The monoisotopic (exact) mass is 343 g/mol. The summed E-state index contributed by atoms with van der Waals surface area (Å²) in [5.74, 6) is 1.33. The number of ether oxygens (including phenoxy) is 1. The van der Waals surface area contributed by atoms with Crippen molar-refractivity contribution in [3.05, 3.63) is 42.0 Å². The number of carbonyl (C=O) groups excluding carboxylic acids is 1. The molecule has 0 unspecified atom stereocenters. The van der Waals surface area contributed by atoms with Gasteiger partial charge in [0, 0.05) is 19.1 Å². The molecule has 0 fully saturated rings. The Bertz CT molecular complexity index is 705. The first-order chi connectivity index (χ1) is 11.9. The van der Waals surface area contributed by atoms with E-state index in [0.717, 1.165) is 22.1 Å². The maximum Gasteiger partial charge on any atom is 0.315 e. The molecule has 25 heavy (non-hydrogen) atoms. The predicted octanol–water partition coefficient (Wildman–Crippen LogP) is 3.23. The van der Waals surface area contributed by atoms with Crippen LogP contribution in [0.15, 0.2) is 36.4 Å². The highest BCUT2D eigenvalue weighted by molar-refractivity contribution is 5.84. The Morgan fingerprint density at radius 3 is 2.40 bits per heavy atom. The first-order valence-electron chi connectivity index (χ1n) is 8.65. The molecule has 0 heterocycles. The summed E-state index contributed by atoms with van der Waals surface area (Å²) in [6.07, 6.45) is 0. The van der Waals surface area contributed by atoms with Gasteiger partial charge in [0.2, 0.25) is 0 Å². The Labute approximate surface area is 150 Å². The van der Waals surface area contributed by atoms with Crippen molar-refractivity contribution in [1.29, 1.82) is 0 Å². The minimum Gasteiger partial charge on any atom is -0.497 e. The first-order valence-corrected chi connectivity index (χ1v) is 8.65. The lowest BCUT2D eigenvalue weighted by atomic mass is 10.0. The third kappa shape index (κ3) is 5.36. The molecule has 0 saturated heterocycles. The highest BCUT2D eigenvalue weighted by atomic mass is 16.5. The number of hydrogen-bond donors (Lipinski definition) is 2. The lowest BCUT2D eigenvalue weighted by molar-refractivity contribution is 0.212. The summed E-state index contributed by atoms with van der Waals surface area (Å²) in [5, 5.41) is 8.14. The fourth-order valence-electron chi connectivity index (χ4n) is 2.97. The molecule has 2 rings (SSSR count). The van der Waals surface area contributed by atoms with Gasteiger partial charge in [-0.05, 0) is 54.5 Å². The number of fused-ring (bicyclic) bond motifs is 1. The number of likely N-dealkylation sites (N-methyl/N-ethyl adjacent to an activating group) is 1. The summed E-state index contributed by atoms with van der Waals surface area (Å²) < 4.78 is 5.24. The molecule has 0 aliphatic heterocycles. The average Bonchev–Trinajstić information content (AvgIpc) is 2.58. The van der Waals surface area contributed by atoms with Crippen LogP contribution in [0.1, 0.15) is 19.4 Å². The van der Waals surface area contributed by atoms with Crippen LogP contribution in [0.25, 0.3) is 10.8 Å². The molecule has 2 N–H and O–H groups in total. The van der Waals surface area contributed by atoms with E-state index < -0.39 is 0 Å². The van der Waals surface area contributed by atoms with Gasteiger partial charge in [0.15, 0.2) is 0 Å². The highest BCUT2D eigenvalue weighted by Gasteiger charge is 2.16. The lowest BCUT2D eigenvalue weighted by Gasteiger charge is -2.28. The maximum absolute atomic E-state index is 12.1. The number of nitrogens with zero attached hydrogens (tertiary/aromatic N) is 1. The first kappa shape index (κ1) is 19.1. The molecule has 0 radical (unpaired) electrons. The van der Waals surface area contributed by atoms with Crippen LogP contribution in [0.3, 0.4) is 0 Å². The number of amides is 2. The fourth-order valence-corrected chi connectivity index (χ4v) is 2.97. The third-order valence-corrected chi connectivity index (χ3v) is 4.47. The number of urea groups is 1. The smallest absolute Gasteiger partial charge is 0.315 e. The summed E-state index contributed by atoms with van der Waals surface area (Å²) in [5.41, 5.74) is 1.07. The summed E-state index contributed by atoms with van der Waals surface area (Å²) in [6, 6.07) is 12.3. The Balaban J connectivity index is 1.90. The molecule has 0 bridgehead atoms. The summed E-state index contributed by atoms with van der Waals surface area (Å²) >= 11 is 0. The number of carbonyl (C=O) groups is 1. The minimum atomic E-state index is -0.137. The van der Waals surface area contributed by atoms with Crippen molar-refractivity contribution in [3.63, 3.8) is 0 Å². The molecular formula is C20H29N3O2. The Morgan fingerprint density at radius 1 is 1.08 bits per heavy atom. The van der Waals surface area contributed by atoms with E-state index in [9.17, 15) is 4.79 Å². The van der Waals surface area contributed by atoms with Gasteiger partial charge in [-0.3, -0.25) is 0 Å². The van der Waals surface area contributed by atoms with Crippen LogP contribution in [-0.2, 0) is 6.54 Å². The molecule has 0 aliphatic rings.